The van der Waals surface area contributed by atoms with Crippen LogP contribution >= 0.6 is 34.8 Å². The topological polar surface area (TPSA) is 70.9 Å². The van der Waals surface area contributed by atoms with Crippen LogP contribution < -0.4 is 5.32 Å². The maximum Gasteiger partial charge on any atom is 0.245 e. The Bertz CT molecular complexity index is 700. The van der Waals surface area contributed by atoms with E-state index in [1.807, 2.05) is 0 Å². The third-order valence-corrected chi connectivity index (χ3v) is 4.44. The molecule has 1 fully saturated rings. The summed E-state index contributed by atoms with van der Waals surface area (Å²) in [5.74, 6) is -1.92. The van der Waals surface area contributed by atoms with Crippen molar-refractivity contribution in [3.8, 4) is 0 Å². The predicted octanol–water partition coefficient (Wildman–Crippen LogP) is 3.07. The van der Waals surface area contributed by atoms with Gasteiger partial charge in [0.15, 0.2) is 0 Å². The third-order valence-electron chi connectivity index (χ3n) is 2.86. The molecule has 2 heterocycles. The Morgan fingerprint density at radius 1 is 1.11 bits per heavy atom. The van der Waals surface area contributed by atoms with Gasteiger partial charge in [-0.05, 0) is 6.07 Å². The molecule has 0 saturated carbocycles. The molecule has 2 unspecified atom stereocenters. The van der Waals surface area contributed by atoms with Crippen LogP contribution in [-0.2, 0) is 20.9 Å². The highest BCUT2D eigenvalue weighted by atomic mass is 35.5. The first-order valence-corrected chi connectivity index (χ1v) is 7.02. The molecule has 0 spiro atoms. The summed E-state index contributed by atoms with van der Waals surface area (Å²) in [5, 5.41) is 1.73. The average Bonchev–Trinajstić information content (AvgIpc) is 2.90. The van der Waals surface area contributed by atoms with Crippen LogP contribution in [-0.4, -0.2) is 17.2 Å². The lowest BCUT2D eigenvalue weighted by Gasteiger charge is -2.15. The molecular weight excluding hydrogens is 333 g/mol. The lowest BCUT2D eigenvalue weighted by atomic mass is 9.94. The van der Waals surface area contributed by atoms with Gasteiger partial charge in [-0.25, -0.2) is 0 Å². The van der Waals surface area contributed by atoms with Crippen molar-refractivity contribution in [1.82, 2.24) is 5.32 Å². The highest BCUT2D eigenvalue weighted by Gasteiger charge is 2.44. The fourth-order valence-electron chi connectivity index (χ4n) is 2.02. The van der Waals surface area contributed by atoms with Gasteiger partial charge in [0.1, 0.15) is 16.8 Å². The zero-order valence-electron chi connectivity index (χ0n) is 8.99. The molecule has 1 aromatic rings. The zero-order chi connectivity index (χ0) is 13.7. The highest BCUT2D eigenvalue weighted by molar-refractivity contribution is 7.58. The number of amides is 2. The van der Waals surface area contributed by atoms with E-state index in [1.165, 1.54) is 6.07 Å². The highest BCUT2D eigenvalue weighted by Crippen LogP contribution is 2.49. The molecule has 9 heteroatoms. The van der Waals surface area contributed by atoms with Crippen LogP contribution in [0.4, 0.5) is 11.4 Å². The average molecular weight is 337 g/mol. The maximum absolute atomic E-state index is 11.8. The van der Waals surface area contributed by atoms with Crippen molar-refractivity contribution in [2.45, 2.75) is 11.3 Å². The molecule has 0 bridgehead atoms. The van der Waals surface area contributed by atoms with E-state index in [0.29, 0.717) is 22.0 Å². The van der Waals surface area contributed by atoms with E-state index in [4.69, 9.17) is 34.8 Å². The van der Waals surface area contributed by atoms with Gasteiger partial charge in [0.05, 0.1) is 22.3 Å². The summed E-state index contributed by atoms with van der Waals surface area (Å²) in [4.78, 5) is 23.3. The van der Waals surface area contributed by atoms with Crippen molar-refractivity contribution in [3.63, 3.8) is 0 Å². The zero-order valence-corrected chi connectivity index (χ0v) is 12.1. The van der Waals surface area contributed by atoms with Gasteiger partial charge < -0.3 is 0 Å². The van der Waals surface area contributed by atoms with Gasteiger partial charge >= 0.3 is 0 Å². The van der Waals surface area contributed by atoms with E-state index in [1.54, 1.807) is 0 Å². The lowest BCUT2D eigenvalue weighted by Crippen LogP contribution is -2.22. The van der Waals surface area contributed by atoms with E-state index < -0.39 is 23.1 Å². The van der Waals surface area contributed by atoms with E-state index in [9.17, 15) is 9.59 Å². The van der Waals surface area contributed by atoms with Crippen molar-refractivity contribution >= 4 is 69.3 Å². The Morgan fingerprint density at radius 2 is 1.79 bits per heavy atom. The first-order chi connectivity index (χ1) is 9.00. The van der Waals surface area contributed by atoms with Gasteiger partial charge in [-0.3, -0.25) is 14.9 Å². The smallest absolute Gasteiger partial charge is 0.245 e. The molecule has 3 rings (SSSR count). The summed E-state index contributed by atoms with van der Waals surface area (Å²) in [6.45, 7) is 0. The number of fused-ring (bicyclic) bond motifs is 1. The van der Waals surface area contributed by atoms with Crippen LogP contribution in [0, 0.1) is 0 Å². The third kappa shape index (κ3) is 1.90. The number of nitrogens with one attached hydrogen (secondary N) is 1. The molecule has 2 amide bonds. The summed E-state index contributed by atoms with van der Waals surface area (Å²) >= 11 is 19.0. The number of halogens is 3. The van der Waals surface area contributed by atoms with Gasteiger partial charge in [-0.2, -0.15) is 8.73 Å². The van der Waals surface area contributed by atoms with E-state index in [0.717, 1.165) is 11.4 Å². The number of nitrogens with zero attached hydrogens (tertiary/aromatic N) is 2. The Hall–Kier alpha value is -0.950. The van der Waals surface area contributed by atoms with Gasteiger partial charge in [0, 0.05) is 10.6 Å². The Balaban J connectivity index is 2.22. The standard InChI is InChI=1S/C10H4Cl3N3O2S/c11-2-1-3(12)7-8(16-19-15-7)4(2)5-6(13)10(18)14-9(5)17/h1,5-6H,(H,14,17,18). The van der Waals surface area contributed by atoms with Gasteiger partial charge in [-0.1, -0.05) is 23.2 Å². The fraction of sp³-hybridized carbons (Fsp3) is 0.200. The molecule has 2 aliphatic rings. The number of hydrogen-bond acceptors (Lipinski definition) is 4. The molecule has 5 nitrogen and oxygen atoms in total. The van der Waals surface area contributed by atoms with Crippen LogP contribution in [0.3, 0.4) is 0 Å². The molecule has 0 aliphatic carbocycles. The molecule has 2 aliphatic heterocycles. The molecule has 0 aromatic heterocycles. The summed E-state index contributed by atoms with van der Waals surface area (Å²) < 4.78 is 8.13. The number of rotatable bonds is 1. The van der Waals surface area contributed by atoms with Crippen molar-refractivity contribution in [2.75, 3.05) is 0 Å². The molecular formula is C10H4Cl3N3O2S. The largest absolute Gasteiger partial charge is 0.295 e. The number of carbonyl (C=O) groups is 2. The molecule has 1 N–H and O–H groups in total. The minimum absolute atomic E-state index is 0.241. The van der Waals surface area contributed by atoms with Crippen molar-refractivity contribution in [1.29, 1.82) is 0 Å². The first-order valence-electron chi connectivity index (χ1n) is 5.09. The Labute approximate surface area is 126 Å². The maximum atomic E-state index is 11.8. The number of benzene rings is 1. The summed E-state index contributed by atoms with van der Waals surface area (Å²) in [6.07, 6.45) is 0. The van der Waals surface area contributed by atoms with Gasteiger partial charge in [0.2, 0.25) is 11.8 Å². The van der Waals surface area contributed by atoms with E-state index in [-0.39, 0.29) is 5.02 Å². The molecule has 1 aromatic carbocycles. The van der Waals surface area contributed by atoms with Crippen LogP contribution in [0.1, 0.15) is 11.5 Å². The second-order valence-electron chi connectivity index (χ2n) is 3.95. The second-order valence-corrected chi connectivity index (χ2v) is 5.76. The minimum atomic E-state index is -1.02. The number of carbonyl (C=O) groups excluding carboxylic acids is 2. The normalized spacial score (nSPS) is 24.4. The summed E-state index contributed by atoms with van der Waals surface area (Å²) in [5.41, 5.74) is 1.24. The predicted molar refractivity (Wildman–Crippen MR) is 73.5 cm³/mol. The van der Waals surface area contributed by atoms with Gasteiger partial charge in [0.25, 0.3) is 0 Å². The summed E-state index contributed by atoms with van der Waals surface area (Å²) in [7, 11) is 0. The fourth-order valence-corrected chi connectivity index (χ4v) is 3.55. The molecule has 98 valence electrons. The molecule has 0 radical (unpaired) electrons. The van der Waals surface area contributed by atoms with Crippen molar-refractivity contribution in [3.05, 3.63) is 21.7 Å². The Kier molecular flexibility index (Phi) is 3.13. The molecule has 19 heavy (non-hydrogen) atoms. The van der Waals surface area contributed by atoms with Crippen LogP contribution in [0.25, 0.3) is 0 Å². The molecule has 2 atom stereocenters. The van der Waals surface area contributed by atoms with Crippen LogP contribution in [0.15, 0.2) is 14.8 Å². The number of alkyl halides is 1. The van der Waals surface area contributed by atoms with E-state index >= 15 is 0 Å². The van der Waals surface area contributed by atoms with Crippen molar-refractivity contribution in [2.24, 2.45) is 8.73 Å². The number of imide groups is 1. The number of hydrogen-bond donors (Lipinski definition) is 1. The van der Waals surface area contributed by atoms with Crippen LogP contribution in [0.2, 0.25) is 10.0 Å². The monoisotopic (exact) mass is 335 g/mol. The van der Waals surface area contributed by atoms with Crippen molar-refractivity contribution < 1.29 is 9.59 Å². The van der Waals surface area contributed by atoms with Crippen LogP contribution in [0.5, 0.6) is 0 Å². The van der Waals surface area contributed by atoms with Gasteiger partial charge in [-0.15, -0.1) is 11.6 Å². The first kappa shape index (κ1) is 13.1. The quantitative estimate of drug-likeness (QED) is 0.642. The Morgan fingerprint density at radius 3 is 2.42 bits per heavy atom. The van der Waals surface area contributed by atoms with E-state index in [2.05, 4.69) is 14.0 Å². The second kappa shape index (κ2) is 4.56. The molecule has 1 saturated heterocycles. The lowest BCUT2D eigenvalue weighted by molar-refractivity contribution is -0.125. The summed E-state index contributed by atoms with van der Waals surface area (Å²) in [6, 6.07) is 1.47. The SMILES string of the molecule is O=C1NC(=O)C(c2c(Cl)cc(Cl)c3c2N=S=N3)C1Cl. The minimum Gasteiger partial charge on any atom is -0.295 e.